The van der Waals surface area contributed by atoms with Crippen LogP contribution in [-0.4, -0.2) is 36.5 Å². The third kappa shape index (κ3) is 4.22. The molecule has 0 saturated carbocycles. The number of carboxylic acid groups (broad SMARTS) is 1. The summed E-state index contributed by atoms with van der Waals surface area (Å²) in [7, 11) is 0. The topological polar surface area (TPSA) is 121 Å². The highest BCUT2D eigenvalue weighted by molar-refractivity contribution is 7.03. The fraction of sp³-hybridized carbons (Fsp3) is 0.154. The molecule has 0 bridgehead atoms. The van der Waals surface area contributed by atoms with Crippen LogP contribution in [0.15, 0.2) is 59.4 Å². The number of ether oxygens (including phenoxy) is 1. The van der Waals surface area contributed by atoms with E-state index in [0.717, 1.165) is 44.9 Å². The summed E-state index contributed by atoms with van der Waals surface area (Å²) in [6, 6.07) is 17.5. The van der Waals surface area contributed by atoms with Crippen LogP contribution in [-0.2, 0) is 0 Å². The Kier molecular flexibility index (Phi) is 5.70. The fourth-order valence-corrected chi connectivity index (χ4v) is 4.61. The van der Waals surface area contributed by atoms with E-state index >= 15 is 0 Å². The summed E-state index contributed by atoms with van der Waals surface area (Å²) in [6.07, 6.45) is -0.0962. The summed E-state index contributed by atoms with van der Waals surface area (Å²) in [5.74, 6) is -0.510. The largest absolute Gasteiger partial charge is 0.478 e. The van der Waals surface area contributed by atoms with Crippen molar-refractivity contribution in [3.63, 3.8) is 0 Å². The van der Waals surface area contributed by atoms with Gasteiger partial charge in [-0.1, -0.05) is 48.5 Å². The van der Waals surface area contributed by atoms with Gasteiger partial charge in [0.15, 0.2) is 5.82 Å². The van der Waals surface area contributed by atoms with Crippen molar-refractivity contribution in [3.8, 4) is 39.7 Å². The number of aromatic amines is 2. The van der Waals surface area contributed by atoms with Crippen LogP contribution in [0.5, 0.6) is 6.01 Å². The van der Waals surface area contributed by atoms with Crippen LogP contribution >= 0.6 is 11.5 Å². The van der Waals surface area contributed by atoms with E-state index in [-0.39, 0.29) is 16.5 Å². The molecule has 2 heterocycles. The summed E-state index contributed by atoms with van der Waals surface area (Å²) in [4.78, 5) is 34.9. The Hall–Kier alpha value is -4.24. The Balaban J connectivity index is 1.59. The molecule has 5 aromatic rings. The first-order valence-corrected chi connectivity index (χ1v) is 11.8. The smallest absolute Gasteiger partial charge is 0.344 e. The Morgan fingerprint density at radius 3 is 2.26 bits per heavy atom. The summed E-state index contributed by atoms with van der Waals surface area (Å²) < 4.78 is 8.63. The van der Waals surface area contributed by atoms with Crippen LogP contribution in [0.3, 0.4) is 0 Å². The molecule has 0 unspecified atom stereocenters. The van der Waals surface area contributed by atoms with E-state index in [1.54, 1.807) is 6.07 Å². The Morgan fingerprint density at radius 1 is 1.00 bits per heavy atom. The monoisotopic (exact) mass is 486 g/mol. The van der Waals surface area contributed by atoms with Crippen LogP contribution in [0.25, 0.3) is 44.7 Å². The van der Waals surface area contributed by atoms with Crippen molar-refractivity contribution in [3.05, 3.63) is 75.4 Å². The molecule has 3 N–H and O–H groups in total. The van der Waals surface area contributed by atoms with Gasteiger partial charge in [0.2, 0.25) is 0 Å². The summed E-state index contributed by atoms with van der Waals surface area (Å²) in [6.45, 7) is 5.69. The number of carboxylic acids is 1. The molecule has 0 radical (unpaired) electrons. The Morgan fingerprint density at radius 2 is 1.66 bits per heavy atom. The highest BCUT2D eigenvalue weighted by Crippen LogP contribution is 2.35. The van der Waals surface area contributed by atoms with Crippen LogP contribution in [0.1, 0.15) is 29.8 Å². The summed E-state index contributed by atoms with van der Waals surface area (Å²) in [5.41, 5.74) is 6.35. The van der Waals surface area contributed by atoms with Crippen molar-refractivity contribution in [1.29, 1.82) is 0 Å². The third-order valence-electron chi connectivity index (χ3n) is 5.70. The first kappa shape index (κ1) is 22.5. The number of nitrogens with one attached hydrogen (secondary N) is 2. The van der Waals surface area contributed by atoms with Crippen molar-refractivity contribution < 1.29 is 14.6 Å². The molecule has 35 heavy (non-hydrogen) atoms. The number of aromatic carboxylic acids is 1. The molecule has 3 aromatic carbocycles. The number of hydrogen-bond acceptors (Lipinski definition) is 6. The molecule has 0 aliphatic rings. The molecule has 0 saturated heterocycles. The number of benzene rings is 3. The quantitative estimate of drug-likeness (QED) is 0.291. The minimum Gasteiger partial charge on any atom is -0.478 e. The maximum atomic E-state index is 12.0. The van der Waals surface area contributed by atoms with Crippen LogP contribution in [0.4, 0.5) is 0 Å². The van der Waals surface area contributed by atoms with Crippen molar-refractivity contribution in [2.75, 3.05) is 0 Å². The average molecular weight is 487 g/mol. The molecular weight excluding hydrogens is 464 g/mol. The van der Waals surface area contributed by atoms with E-state index in [2.05, 4.69) is 19.3 Å². The lowest BCUT2D eigenvalue weighted by Crippen LogP contribution is -2.06. The first-order chi connectivity index (χ1) is 16.8. The van der Waals surface area contributed by atoms with Crippen LogP contribution in [0, 0.1) is 6.92 Å². The van der Waals surface area contributed by atoms with Gasteiger partial charge in [0.25, 0.3) is 6.01 Å². The second-order valence-corrected chi connectivity index (χ2v) is 9.14. The number of hydrogen-bond donors (Lipinski definition) is 3. The Labute approximate surface area is 204 Å². The van der Waals surface area contributed by atoms with E-state index in [1.165, 1.54) is 0 Å². The molecule has 2 aromatic heterocycles. The lowest BCUT2D eigenvalue weighted by Gasteiger charge is -2.11. The molecule has 9 heteroatoms. The third-order valence-corrected chi connectivity index (χ3v) is 6.27. The van der Waals surface area contributed by atoms with E-state index in [9.17, 15) is 14.7 Å². The van der Waals surface area contributed by atoms with Gasteiger partial charge in [-0.25, -0.2) is 4.79 Å². The van der Waals surface area contributed by atoms with Gasteiger partial charge in [-0.15, -0.1) is 0 Å². The highest BCUT2D eigenvalue weighted by Gasteiger charge is 2.20. The van der Waals surface area contributed by atoms with Gasteiger partial charge < -0.3 is 14.8 Å². The van der Waals surface area contributed by atoms with Crippen LogP contribution < -0.4 is 9.61 Å². The molecule has 0 aliphatic carbocycles. The molecule has 0 spiro atoms. The zero-order valence-corrected chi connectivity index (χ0v) is 20.1. The maximum absolute atomic E-state index is 12.0. The van der Waals surface area contributed by atoms with Crippen molar-refractivity contribution in [1.82, 2.24) is 19.3 Å². The molecule has 8 nitrogen and oxygen atoms in total. The van der Waals surface area contributed by atoms with E-state index in [1.807, 2.05) is 69.3 Å². The van der Waals surface area contributed by atoms with Crippen molar-refractivity contribution >= 4 is 28.5 Å². The fourth-order valence-electron chi connectivity index (χ4n) is 4.13. The number of rotatable bonds is 6. The number of aryl methyl sites for hydroxylation is 1. The molecule has 5 rings (SSSR count). The minimum atomic E-state index is -1.04. The molecule has 0 fully saturated rings. The van der Waals surface area contributed by atoms with Crippen molar-refractivity contribution in [2.45, 2.75) is 26.9 Å². The first-order valence-electron chi connectivity index (χ1n) is 11.0. The van der Waals surface area contributed by atoms with Gasteiger partial charge in [0.05, 0.1) is 22.7 Å². The number of fused-ring (bicyclic) bond motifs is 1. The zero-order chi connectivity index (χ0) is 24.7. The standard InChI is InChI=1S/C26H22N4O4S/c1-13(2)34-25-27-21-14(3)19(12-20(24(31)32)22(21)28-25)16-10-8-15(9-11-16)17-6-4-5-7-18(17)23-29-26(33)35-30-23/h4-13H,1-3H3,(H,27,28)(H,31,32)(H,29,30,33). The Bertz CT molecular complexity index is 1610. The summed E-state index contributed by atoms with van der Waals surface area (Å²) in [5, 5.41) is 9.85. The minimum absolute atomic E-state index is 0.0962. The molecule has 0 aliphatic heterocycles. The van der Waals surface area contributed by atoms with Gasteiger partial charge in [-0.2, -0.15) is 9.97 Å². The van der Waals surface area contributed by atoms with E-state index in [0.29, 0.717) is 22.9 Å². The van der Waals surface area contributed by atoms with E-state index in [4.69, 9.17) is 4.74 Å². The normalized spacial score (nSPS) is 11.3. The number of carbonyl (C=O) groups is 1. The number of nitrogens with zero attached hydrogens (tertiary/aromatic N) is 2. The zero-order valence-electron chi connectivity index (χ0n) is 19.2. The number of aromatic nitrogens is 4. The van der Waals surface area contributed by atoms with E-state index < -0.39 is 5.97 Å². The van der Waals surface area contributed by atoms with Gasteiger partial charge in [-0.05, 0) is 54.7 Å². The highest BCUT2D eigenvalue weighted by atomic mass is 32.1. The lowest BCUT2D eigenvalue weighted by molar-refractivity contribution is 0.0699. The average Bonchev–Trinajstić information content (AvgIpc) is 3.45. The summed E-state index contributed by atoms with van der Waals surface area (Å²) >= 11 is 0.957. The SMILES string of the molecule is Cc1c(-c2ccc(-c3ccccc3-c3nc(=O)s[nH]3)cc2)cc(C(=O)O)c2[nH]c(OC(C)C)nc12. The molecular formula is C26H22N4O4S. The predicted molar refractivity (Wildman–Crippen MR) is 136 cm³/mol. The second kappa shape index (κ2) is 8.84. The van der Waals surface area contributed by atoms with Crippen molar-refractivity contribution in [2.24, 2.45) is 0 Å². The van der Waals surface area contributed by atoms with Gasteiger partial charge in [0.1, 0.15) is 0 Å². The molecule has 0 amide bonds. The lowest BCUT2D eigenvalue weighted by atomic mass is 9.93. The van der Waals surface area contributed by atoms with Crippen LogP contribution in [0.2, 0.25) is 0 Å². The van der Waals surface area contributed by atoms with Gasteiger partial charge in [-0.3, -0.25) is 9.17 Å². The van der Waals surface area contributed by atoms with Gasteiger partial charge >= 0.3 is 10.8 Å². The maximum Gasteiger partial charge on any atom is 0.344 e. The number of H-pyrrole nitrogens is 2. The van der Waals surface area contributed by atoms with Gasteiger partial charge in [0, 0.05) is 17.1 Å². The molecule has 0 atom stereocenters. The predicted octanol–water partition coefficient (Wildman–Crippen LogP) is 5.50. The number of imidazole rings is 1. The molecule has 176 valence electrons. The second-order valence-electron chi connectivity index (χ2n) is 8.39.